The maximum Gasteiger partial charge on any atom is 0.343 e. The van der Waals surface area contributed by atoms with Crippen LogP contribution in [-0.2, 0) is 0 Å². The second-order valence-corrected chi connectivity index (χ2v) is 6.69. The molecule has 3 aromatic rings. The van der Waals surface area contributed by atoms with Crippen LogP contribution in [0.4, 0.5) is 5.82 Å². The van der Waals surface area contributed by atoms with Crippen LogP contribution in [0, 0.1) is 13.8 Å². The molecule has 1 aromatic heterocycles. The van der Waals surface area contributed by atoms with Crippen LogP contribution in [0.5, 0.6) is 5.75 Å². The maximum atomic E-state index is 12.5. The fourth-order valence-corrected chi connectivity index (χ4v) is 2.85. The summed E-state index contributed by atoms with van der Waals surface area (Å²) in [6.45, 7) is 3.67. The number of amides is 1. The van der Waals surface area contributed by atoms with Gasteiger partial charge in [-0.15, -0.1) is 0 Å². The minimum atomic E-state index is -0.506. The third-order valence-corrected chi connectivity index (χ3v) is 4.39. The first-order chi connectivity index (χ1) is 14.0. The van der Waals surface area contributed by atoms with Gasteiger partial charge in [-0.1, -0.05) is 36.4 Å². The van der Waals surface area contributed by atoms with Gasteiger partial charge in [-0.2, -0.15) is 0 Å². The molecule has 0 saturated carbocycles. The summed E-state index contributed by atoms with van der Waals surface area (Å²) in [7, 11) is 0. The van der Waals surface area contributed by atoms with Crippen molar-refractivity contribution in [3.63, 3.8) is 0 Å². The molecule has 0 aliphatic rings. The number of thiocarbonyl (C=S) groups is 1. The van der Waals surface area contributed by atoms with Gasteiger partial charge in [0, 0.05) is 11.8 Å². The van der Waals surface area contributed by atoms with Gasteiger partial charge in [0.05, 0.1) is 5.56 Å². The van der Waals surface area contributed by atoms with Crippen LogP contribution in [0.2, 0.25) is 0 Å². The summed E-state index contributed by atoms with van der Waals surface area (Å²) in [6, 6.07) is 17.5. The molecule has 7 heteroatoms. The van der Waals surface area contributed by atoms with Crippen molar-refractivity contribution in [1.82, 2.24) is 10.3 Å². The molecule has 0 radical (unpaired) electrons. The molecular weight excluding hydrogens is 386 g/mol. The van der Waals surface area contributed by atoms with Crippen molar-refractivity contribution in [2.45, 2.75) is 13.8 Å². The Morgan fingerprint density at radius 2 is 1.52 bits per heavy atom. The zero-order chi connectivity index (χ0) is 20.8. The molecule has 0 unspecified atom stereocenters. The number of esters is 1. The zero-order valence-electron chi connectivity index (χ0n) is 15.9. The lowest BCUT2D eigenvalue weighted by atomic mass is 10.1. The van der Waals surface area contributed by atoms with Crippen LogP contribution in [-0.4, -0.2) is 22.0 Å². The minimum Gasteiger partial charge on any atom is -0.419 e. The fourth-order valence-electron chi connectivity index (χ4n) is 2.66. The molecule has 0 saturated heterocycles. The Hall–Kier alpha value is -3.58. The molecule has 2 aromatic carbocycles. The van der Waals surface area contributed by atoms with E-state index < -0.39 is 5.97 Å². The van der Waals surface area contributed by atoms with E-state index in [2.05, 4.69) is 15.6 Å². The molecule has 0 bridgehead atoms. The molecule has 146 valence electrons. The van der Waals surface area contributed by atoms with Gasteiger partial charge >= 0.3 is 5.97 Å². The van der Waals surface area contributed by atoms with E-state index in [1.165, 1.54) is 6.20 Å². The number of carbonyl (C=O) groups excluding carboxylic acids is 2. The number of anilines is 1. The fraction of sp³-hybridized carbons (Fsp3) is 0.0909. The third kappa shape index (κ3) is 5.03. The zero-order valence-corrected chi connectivity index (χ0v) is 16.7. The van der Waals surface area contributed by atoms with Crippen molar-refractivity contribution in [3.8, 4) is 5.75 Å². The van der Waals surface area contributed by atoms with Gasteiger partial charge in [0.2, 0.25) is 0 Å². The molecule has 0 aliphatic carbocycles. The second kappa shape index (κ2) is 9.07. The lowest BCUT2D eigenvalue weighted by Crippen LogP contribution is -2.34. The minimum absolute atomic E-state index is 0.0464. The number of benzene rings is 2. The highest BCUT2D eigenvalue weighted by Crippen LogP contribution is 2.23. The number of aromatic nitrogens is 1. The van der Waals surface area contributed by atoms with Crippen LogP contribution < -0.4 is 15.4 Å². The third-order valence-electron chi connectivity index (χ3n) is 4.19. The Morgan fingerprint density at radius 3 is 2.17 bits per heavy atom. The summed E-state index contributed by atoms with van der Waals surface area (Å²) in [6.07, 6.45) is 1.53. The number of hydrogen-bond donors (Lipinski definition) is 2. The predicted octanol–water partition coefficient (Wildman–Crippen LogP) is 4.04. The number of rotatable bonds is 4. The molecule has 1 heterocycles. The van der Waals surface area contributed by atoms with Crippen LogP contribution in [0.25, 0.3) is 0 Å². The van der Waals surface area contributed by atoms with Gasteiger partial charge in [0.1, 0.15) is 0 Å². The Morgan fingerprint density at radius 1 is 0.897 bits per heavy atom. The van der Waals surface area contributed by atoms with Gasteiger partial charge < -0.3 is 10.1 Å². The number of carbonyl (C=O) groups is 2. The van der Waals surface area contributed by atoms with E-state index in [4.69, 9.17) is 17.0 Å². The van der Waals surface area contributed by atoms with E-state index in [9.17, 15) is 9.59 Å². The van der Waals surface area contributed by atoms with Crippen molar-refractivity contribution < 1.29 is 14.3 Å². The number of nitrogens with one attached hydrogen (secondary N) is 2. The van der Waals surface area contributed by atoms with Crippen LogP contribution >= 0.6 is 12.2 Å². The predicted molar refractivity (Wildman–Crippen MR) is 115 cm³/mol. The summed E-state index contributed by atoms with van der Waals surface area (Å²) in [4.78, 5) is 29.1. The molecule has 0 atom stereocenters. The molecule has 3 rings (SSSR count). The largest absolute Gasteiger partial charge is 0.419 e. The monoisotopic (exact) mass is 405 g/mol. The number of aryl methyl sites for hydroxylation is 2. The van der Waals surface area contributed by atoms with E-state index in [1.54, 1.807) is 36.4 Å². The van der Waals surface area contributed by atoms with Crippen molar-refractivity contribution in [2.24, 2.45) is 0 Å². The van der Waals surface area contributed by atoms with Gasteiger partial charge in [0.15, 0.2) is 16.7 Å². The molecule has 0 aliphatic heterocycles. The van der Waals surface area contributed by atoms with E-state index >= 15 is 0 Å². The normalized spacial score (nSPS) is 10.1. The number of ether oxygens (including phenoxy) is 1. The Bertz CT molecular complexity index is 1080. The SMILES string of the molecule is Cc1ccccc1C(=O)NC(=S)Nc1ncccc1OC(=O)c1ccccc1C. The molecular formula is C22H19N3O3S. The highest BCUT2D eigenvalue weighted by Gasteiger charge is 2.16. The number of pyridine rings is 1. The van der Waals surface area contributed by atoms with Crippen molar-refractivity contribution in [2.75, 3.05) is 5.32 Å². The lowest BCUT2D eigenvalue weighted by Gasteiger charge is -2.13. The summed E-state index contributed by atoms with van der Waals surface area (Å²) in [5, 5.41) is 5.47. The van der Waals surface area contributed by atoms with Crippen LogP contribution in [0.1, 0.15) is 31.8 Å². The molecule has 0 spiro atoms. The average molecular weight is 405 g/mol. The number of hydrogen-bond acceptors (Lipinski definition) is 5. The highest BCUT2D eigenvalue weighted by atomic mass is 32.1. The summed E-state index contributed by atoms with van der Waals surface area (Å²) < 4.78 is 5.49. The molecule has 1 amide bonds. The quantitative estimate of drug-likeness (QED) is 0.504. The van der Waals surface area contributed by atoms with E-state index in [0.29, 0.717) is 11.1 Å². The molecule has 0 fully saturated rings. The van der Waals surface area contributed by atoms with E-state index in [0.717, 1.165) is 11.1 Å². The number of nitrogens with zero attached hydrogens (tertiary/aromatic N) is 1. The first-order valence-electron chi connectivity index (χ1n) is 8.86. The maximum absolute atomic E-state index is 12.5. The smallest absolute Gasteiger partial charge is 0.343 e. The first kappa shape index (κ1) is 20.2. The van der Waals surface area contributed by atoms with Crippen LogP contribution in [0.3, 0.4) is 0 Å². The van der Waals surface area contributed by atoms with E-state index in [1.807, 2.05) is 38.1 Å². The van der Waals surface area contributed by atoms with Gasteiger partial charge in [-0.25, -0.2) is 9.78 Å². The summed E-state index contributed by atoms with van der Waals surface area (Å²) >= 11 is 5.22. The van der Waals surface area contributed by atoms with Gasteiger partial charge in [0.25, 0.3) is 5.91 Å². The summed E-state index contributed by atoms with van der Waals surface area (Å²) in [5.41, 5.74) is 2.61. The topological polar surface area (TPSA) is 80.3 Å². The Kier molecular flexibility index (Phi) is 6.31. The Balaban J connectivity index is 1.71. The average Bonchev–Trinajstić information content (AvgIpc) is 2.70. The molecule has 29 heavy (non-hydrogen) atoms. The molecule has 6 nitrogen and oxygen atoms in total. The van der Waals surface area contributed by atoms with Crippen LogP contribution in [0.15, 0.2) is 66.9 Å². The highest BCUT2D eigenvalue weighted by molar-refractivity contribution is 7.80. The lowest BCUT2D eigenvalue weighted by molar-refractivity contribution is 0.0734. The van der Waals surface area contributed by atoms with E-state index in [-0.39, 0.29) is 22.6 Å². The van der Waals surface area contributed by atoms with Crippen molar-refractivity contribution >= 4 is 35.0 Å². The second-order valence-electron chi connectivity index (χ2n) is 6.28. The first-order valence-corrected chi connectivity index (χ1v) is 9.27. The summed E-state index contributed by atoms with van der Waals surface area (Å²) in [5.74, 6) is -0.415. The van der Waals surface area contributed by atoms with Gasteiger partial charge in [-0.3, -0.25) is 10.1 Å². The van der Waals surface area contributed by atoms with Crippen molar-refractivity contribution in [3.05, 3.63) is 89.1 Å². The Labute approximate surface area is 173 Å². The van der Waals surface area contributed by atoms with Crippen molar-refractivity contribution in [1.29, 1.82) is 0 Å². The standard InChI is InChI=1S/C22H19N3O3S/c1-14-8-3-5-10-16(14)20(26)25-22(29)24-19-18(12-7-13-23-19)28-21(27)17-11-6-4-9-15(17)2/h3-13H,1-2H3,(H2,23,24,25,26,29). The molecule has 2 N–H and O–H groups in total. The van der Waals surface area contributed by atoms with Gasteiger partial charge in [-0.05, 0) is 61.5 Å².